The predicted molar refractivity (Wildman–Crippen MR) is 57.5 cm³/mol. The van der Waals surface area contributed by atoms with Crippen LogP contribution in [0.4, 0.5) is 4.79 Å². The number of thiol groups is 1. The quantitative estimate of drug-likeness (QED) is 0.455. The van der Waals surface area contributed by atoms with Gasteiger partial charge in [-0.25, -0.2) is 4.79 Å². The van der Waals surface area contributed by atoms with Gasteiger partial charge >= 0.3 is 6.09 Å². The summed E-state index contributed by atoms with van der Waals surface area (Å²) < 4.78 is 4.74. The van der Waals surface area contributed by atoms with E-state index in [0.29, 0.717) is 6.61 Å². The molecule has 0 bridgehead atoms. The molecular formula is C5H8N2O2S3. The Morgan fingerprint density at radius 1 is 1.50 bits per heavy atom. The molecule has 0 spiro atoms. The molecule has 0 rings (SSSR count). The molecule has 0 aliphatic carbocycles. The van der Waals surface area contributed by atoms with E-state index in [1.807, 2.05) is 0 Å². The SMILES string of the molecule is CCOC(=O)NC(=S)NC(=S)S. The first-order valence-corrected chi connectivity index (χ1v) is 4.30. The lowest BCUT2D eigenvalue weighted by molar-refractivity contribution is 0.158. The monoisotopic (exact) mass is 224 g/mol. The first kappa shape index (κ1) is 11.6. The Kier molecular flexibility index (Phi) is 5.95. The highest BCUT2D eigenvalue weighted by Gasteiger charge is 2.03. The summed E-state index contributed by atoms with van der Waals surface area (Å²) >= 11 is 13.0. The highest BCUT2D eigenvalue weighted by Crippen LogP contribution is 1.80. The molecule has 0 aromatic rings. The number of hydrogen-bond donors (Lipinski definition) is 3. The molecule has 0 aromatic carbocycles. The third-order valence-electron chi connectivity index (χ3n) is 0.711. The zero-order valence-electron chi connectivity index (χ0n) is 6.29. The maximum absolute atomic E-state index is 10.7. The Hall–Kier alpha value is -0.400. The van der Waals surface area contributed by atoms with E-state index >= 15 is 0 Å². The van der Waals surface area contributed by atoms with Gasteiger partial charge in [-0.3, -0.25) is 5.32 Å². The van der Waals surface area contributed by atoms with Gasteiger partial charge in [-0.1, -0.05) is 12.2 Å². The maximum atomic E-state index is 10.7. The summed E-state index contributed by atoms with van der Waals surface area (Å²) in [6, 6.07) is 0. The fourth-order valence-corrected chi connectivity index (χ4v) is 0.928. The molecule has 0 unspecified atom stereocenters. The van der Waals surface area contributed by atoms with Gasteiger partial charge in [0.15, 0.2) is 5.11 Å². The number of ether oxygens (including phenoxy) is 1. The lowest BCUT2D eigenvalue weighted by atomic mass is 10.8. The van der Waals surface area contributed by atoms with Crippen LogP contribution in [-0.2, 0) is 4.74 Å². The molecule has 1 amide bonds. The van der Waals surface area contributed by atoms with E-state index in [-0.39, 0.29) is 9.43 Å². The minimum absolute atomic E-state index is 0.0773. The van der Waals surface area contributed by atoms with Crippen molar-refractivity contribution in [1.82, 2.24) is 10.6 Å². The van der Waals surface area contributed by atoms with Gasteiger partial charge in [0.25, 0.3) is 0 Å². The van der Waals surface area contributed by atoms with E-state index in [0.717, 1.165) is 0 Å². The lowest BCUT2D eigenvalue weighted by Gasteiger charge is -2.06. The van der Waals surface area contributed by atoms with Crippen molar-refractivity contribution in [2.24, 2.45) is 0 Å². The highest BCUT2D eigenvalue weighted by atomic mass is 32.1. The van der Waals surface area contributed by atoms with Crippen LogP contribution in [0.3, 0.4) is 0 Å². The van der Waals surface area contributed by atoms with E-state index in [1.54, 1.807) is 6.92 Å². The number of thiocarbonyl (C=S) groups is 2. The smallest absolute Gasteiger partial charge is 0.413 e. The van der Waals surface area contributed by atoms with Gasteiger partial charge in [0.1, 0.15) is 4.32 Å². The average Bonchev–Trinajstić information content (AvgIpc) is 1.84. The number of alkyl carbamates (subject to hydrolysis) is 1. The fraction of sp³-hybridized carbons (Fsp3) is 0.400. The first-order valence-electron chi connectivity index (χ1n) is 3.04. The maximum Gasteiger partial charge on any atom is 0.413 e. The van der Waals surface area contributed by atoms with Crippen LogP contribution in [0.25, 0.3) is 0 Å². The molecule has 2 N–H and O–H groups in total. The van der Waals surface area contributed by atoms with Crippen molar-refractivity contribution in [2.75, 3.05) is 6.61 Å². The second-order valence-electron chi connectivity index (χ2n) is 1.60. The van der Waals surface area contributed by atoms with E-state index in [9.17, 15) is 4.79 Å². The van der Waals surface area contributed by atoms with E-state index in [4.69, 9.17) is 0 Å². The van der Waals surface area contributed by atoms with Crippen LogP contribution in [0.15, 0.2) is 0 Å². The second-order valence-corrected chi connectivity index (χ2v) is 3.17. The third kappa shape index (κ3) is 6.32. The standard InChI is InChI=1S/C5H8N2O2S3/c1-2-9-4(8)6-3(10)7-5(11)12/h2H2,1H3,(H3,6,7,8,10,11,12). The summed E-state index contributed by atoms with van der Waals surface area (Å²) in [5.74, 6) is 0. The van der Waals surface area contributed by atoms with Gasteiger partial charge in [0, 0.05) is 0 Å². The number of amides is 1. The van der Waals surface area contributed by atoms with Crippen LogP contribution in [-0.4, -0.2) is 22.1 Å². The van der Waals surface area contributed by atoms with Gasteiger partial charge in [-0.2, -0.15) is 0 Å². The molecular weight excluding hydrogens is 216 g/mol. The number of carbonyl (C=O) groups is 1. The Bertz CT molecular complexity index is 207. The molecule has 7 heteroatoms. The summed E-state index contributed by atoms with van der Waals surface area (Å²) in [6.07, 6.45) is -0.611. The van der Waals surface area contributed by atoms with Crippen molar-refractivity contribution >= 4 is 52.6 Å². The molecule has 0 aromatic heterocycles. The van der Waals surface area contributed by atoms with Crippen LogP contribution in [0, 0.1) is 0 Å². The number of carbonyl (C=O) groups excluding carboxylic acids is 1. The molecule has 0 aliphatic rings. The molecule has 0 saturated heterocycles. The van der Waals surface area contributed by atoms with Crippen molar-refractivity contribution < 1.29 is 9.53 Å². The topological polar surface area (TPSA) is 50.4 Å². The zero-order chi connectivity index (χ0) is 9.56. The zero-order valence-corrected chi connectivity index (χ0v) is 8.81. The van der Waals surface area contributed by atoms with Crippen molar-refractivity contribution in [3.8, 4) is 0 Å². The van der Waals surface area contributed by atoms with Crippen molar-refractivity contribution in [3.05, 3.63) is 0 Å². The second kappa shape index (κ2) is 6.15. The van der Waals surface area contributed by atoms with Crippen LogP contribution >= 0.6 is 37.1 Å². The van der Waals surface area contributed by atoms with Crippen molar-refractivity contribution in [1.29, 1.82) is 0 Å². The normalized spacial score (nSPS) is 8.50. The number of hydrogen-bond acceptors (Lipinski definition) is 4. The summed E-state index contributed by atoms with van der Waals surface area (Å²) in [6.45, 7) is 1.99. The van der Waals surface area contributed by atoms with Crippen LogP contribution < -0.4 is 10.6 Å². The number of nitrogens with one attached hydrogen (secondary N) is 2. The predicted octanol–water partition coefficient (Wildman–Crippen LogP) is 0.822. The molecule has 0 radical (unpaired) electrons. The number of rotatable bonds is 1. The fourth-order valence-electron chi connectivity index (χ4n) is 0.388. The molecule has 12 heavy (non-hydrogen) atoms. The molecule has 0 fully saturated rings. The minimum atomic E-state index is -0.611. The molecule has 68 valence electrons. The minimum Gasteiger partial charge on any atom is -0.450 e. The third-order valence-corrected chi connectivity index (χ3v) is 1.13. The Labute approximate surface area is 86.4 Å². The summed E-state index contributed by atoms with van der Waals surface area (Å²) in [7, 11) is 0. The average molecular weight is 224 g/mol. The van der Waals surface area contributed by atoms with Gasteiger partial charge in [-0.15, -0.1) is 12.6 Å². The molecule has 0 atom stereocenters. The van der Waals surface area contributed by atoms with Crippen molar-refractivity contribution in [2.45, 2.75) is 6.92 Å². The lowest BCUT2D eigenvalue weighted by Crippen LogP contribution is -2.40. The molecule has 0 saturated carbocycles. The largest absolute Gasteiger partial charge is 0.450 e. The van der Waals surface area contributed by atoms with Gasteiger partial charge < -0.3 is 10.1 Å². The van der Waals surface area contributed by atoms with Gasteiger partial charge in [0.2, 0.25) is 0 Å². The first-order chi connectivity index (χ1) is 5.56. The summed E-state index contributed by atoms with van der Waals surface area (Å²) in [4.78, 5) is 10.7. The van der Waals surface area contributed by atoms with Gasteiger partial charge in [0.05, 0.1) is 6.61 Å². The molecule has 4 nitrogen and oxygen atoms in total. The Balaban J connectivity index is 3.69. The Morgan fingerprint density at radius 2 is 2.08 bits per heavy atom. The van der Waals surface area contributed by atoms with E-state index in [2.05, 4.69) is 52.4 Å². The summed E-state index contributed by atoms with van der Waals surface area (Å²) in [5.41, 5.74) is 0. The summed E-state index contributed by atoms with van der Waals surface area (Å²) in [5, 5.41) is 4.76. The van der Waals surface area contributed by atoms with Crippen molar-refractivity contribution in [3.63, 3.8) is 0 Å². The van der Waals surface area contributed by atoms with Crippen LogP contribution in [0.5, 0.6) is 0 Å². The van der Waals surface area contributed by atoms with Gasteiger partial charge in [-0.05, 0) is 19.1 Å². The Morgan fingerprint density at radius 3 is 2.50 bits per heavy atom. The van der Waals surface area contributed by atoms with Crippen LogP contribution in [0.2, 0.25) is 0 Å². The van der Waals surface area contributed by atoms with E-state index in [1.165, 1.54) is 0 Å². The molecule has 0 heterocycles. The molecule has 0 aliphatic heterocycles. The highest BCUT2D eigenvalue weighted by molar-refractivity contribution is 8.11. The van der Waals surface area contributed by atoms with Crippen LogP contribution in [0.1, 0.15) is 6.92 Å². The van der Waals surface area contributed by atoms with E-state index < -0.39 is 6.09 Å².